The van der Waals surface area contributed by atoms with Crippen LogP contribution in [0.3, 0.4) is 0 Å². The Hall–Kier alpha value is -0.920. The molecule has 2 aliphatic rings. The maximum absolute atomic E-state index is 13.0. The molecule has 24 heavy (non-hydrogen) atoms. The van der Waals surface area contributed by atoms with Gasteiger partial charge in [0.1, 0.15) is 0 Å². The second kappa shape index (κ2) is 7.54. The Labute approximate surface area is 148 Å². The summed E-state index contributed by atoms with van der Waals surface area (Å²) < 4.78 is 25.3. The number of nitrogens with zero attached hydrogens (tertiary/aromatic N) is 1. The molecule has 0 radical (unpaired) electrons. The molecule has 134 valence electrons. The Morgan fingerprint density at radius 1 is 1.25 bits per heavy atom. The largest absolute Gasteiger partial charge is 0.334 e. The van der Waals surface area contributed by atoms with Gasteiger partial charge in [-0.2, -0.15) is 0 Å². The van der Waals surface area contributed by atoms with Gasteiger partial charge in [0, 0.05) is 24.0 Å². The smallest absolute Gasteiger partial charge is 0.264 e. The molecular weight excluding hydrogens is 344 g/mol. The van der Waals surface area contributed by atoms with Gasteiger partial charge in [0.15, 0.2) is 0 Å². The lowest BCUT2D eigenvalue weighted by Gasteiger charge is -2.35. The number of fused-ring (bicyclic) bond motifs is 1. The van der Waals surface area contributed by atoms with Crippen molar-refractivity contribution >= 4 is 27.3 Å². The molecule has 0 spiro atoms. The molecule has 1 amide bonds. The lowest BCUT2D eigenvalue weighted by Crippen LogP contribution is -2.49. The Bertz CT molecular complexity index is 673. The fraction of sp³-hybridized carbons (Fsp3) is 0.706. The highest BCUT2D eigenvalue weighted by Crippen LogP contribution is 2.31. The molecule has 1 fully saturated rings. The van der Waals surface area contributed by atoms with Crippen LogP contribution in [0.4, 0.5) is 0 Å². The average Bonchev–Trinajstić information content (AvgIpc) is 2.83. The van der Waals surface area contributed by atoms with E-state index in [0.29, 0.717) is 6.54 Å². The van der Waals surface area contributed by atoms with Gasteiger partial charge in [0.2, 0.25) is 10.0 Å². The van der Waals surface area contributed by atoms with Crippen molar-refractivity contribution in [3.63, 3.8) is 0 Å². The van der Waals surface area contributed by atoms with Gasteiger partial charge < -0.3 is 4.90 Å². The Morgan fingerprint density at radius 2 is 2.04 bits per heavy atom. The predicted molar refractivity (Wildman–Crippen MR) is 97.1 cm³/mol. The van der Waals surface area contributed by atoms with E-state index >= 15 is 0 Å². The van der Waals surface area contributed by atoms with E-state index in [1.807, 2.05) is 4.90 Å². The van der Waals surface area contributed by atoms with Crippen LogP contribution < -0.4 is 4.72 Å². The van der Waals surface area contributed by atoms with Crippen molar-refractivity contribution in [1.29, 1.82) is 0 Å². The summed E-state index contributed by atoms with van der Waals surface area (Å²) in [5.41, 5.74) is 1.35. The number of aryl methyl sites for hydroxylation is 2. The van der Waals surface area contributed by atoms with E-state index in [-0.39, 0.29) is 11.9 Å². The van der Waals surface area contributed by atoms with E-state index in [1.54, 1.807) is 11.3 Å². The number of likely N-dealkylation sites (tertiary alicyclic amines) is 1. The first kappa shape index (κ1) is 17.9. The number of rotatable bonds is 4. The van der Waals surface area contributed by atoms with Gasteiger partial charge in [-0.25, -0.2) is 13.1 Å². The molecule has 1 aromatic rings. The quantitative estimate of drug-likeness (QED) is 0.829. The summed E-state index contributed by atoms with van der Waals surface area (Å²) in [6.45, 7) is 1.03. The van der Waals surface area contributed by atoms with Crippen LogP contribution in [0.5, 0.6) is 0 Å². The summed E-state index contributed by atoms with van der Waals surface area (Å²) in [7, 11) is -3.23. The van der Waals surface area contributed by atoms with Crippen LogP contribution in [0, 0.1) is 0 Å². The van der Waals surface area contributed by atoms with Crippen molar-refractivity contribution in [2.75, 3.05) is 19.3 Å². The van der Waals surface area contributed by atoms with Gasteiger partial charge in [-0.15, -0.1) is 11.3 Å². The third-order valence-electron chi connectivity index (χ3n) is 4.93. The zero-order valence-electron chi connectivity index (χ0n) is 14.2. The number of hydrogen-bond acceptors (Lipinski definition) is 4. The van der Waals surface area contributed by atoms with Crippen LogP contribution in [-0.4, -0.2) is 44.6 Å². The molecule has 2 heterocycles. The van der Waals surface area contributed by atoms with Crippen LogP contribution in [0.15, 0.2) is 6.07 Å². The SMILES string of the molecule is CS(=O)(=O)NC[C@@H]1CCCCN1C(=O)c1cc2c(s1)CCCCC2. The Balaban J connectivity index is 1.74. The first-order valence-electron chi connectivity index (χ1n) is 8.81. The molecule has 0 unspecified atom stereocenters. The number of thiophene rings is 1. The van der Waals surface area contributed by atoms with Crippen LogP contribution in [0.25, 0.3) is 0 Å². The highest BCUT2D eigenvalue weighted by atomic mass is 32.2. The third kappa shape index (κ3) is 4.37. The molecule has 5 nitrogen and oxygen atoms in total. The average molecular weight is 371 g/mol. The third-order valence-corrected chi connectivity index (χ3v) is 6.84. The summed E-state index contributed by atoms with van der Waals surface area (Å²) in [5.74, 6) is 0.0769. The molecular formula is C17H26N2O3S2. The van der Waals surface area contributed by atoms with Gasteiger partial charge in [-0.1, -0.05) is 6.42 Å². The Kier molecular flexibility index (Phi) is 5.62. The molecule has 7 heteroatoms. The second-order valence-electron chi connectivity index (χ2n) is 6.89. The predicted octanol–water partition coefficient (Wildman–Crippen LogP) is 2.56. The second-order valence-corrected chi connectivity index (χ2v) is 9.86. The summed E-state index contributed by atoms with van der Waals surface area (Å²) in [6.07, 6.45) is 9.93. The van der Waals surface area contributed by atoms with Crippen molar-refractivity contribution in [3.8, 4) is 0 Å². The summed E-state index contributed by atoms with van der Waals surface area (Å²) in [6, 6.07) is 2.05. The topological polar surface area (TPSA) is 66.5 Å². The molecule has 1 aliphatic heterocycles. The maximum atomic E-state index is 13.0. The zero-order valence-corrected chi connectivity index (χ0v) is 15.8. The monoisotopic (exact) mass is 370 g/mol. The van der Waals surface area contributed by atoms with E-state index in [9.17, 15) is 13.2 Å². The highest BCUT2D eigenvalue weighted by molar-refractivity contribution is 7.88. The van der Waals surface area contributed by atoms with Gasteiger partial charge in [-0.3, -0.25) is 4.79 Å². The lowest BCUT2D eigenvalue weighted by molar-refractivity contribution is 0.0624. The van der Waals surface area contributed by atoms with Gasteiger partial charge in [-0.05, 0) is 56.6 Å². The number of hydrogen-bond donors (Lipinski definition) is 1. The minimum Gasteiger partial charge on any atom is -0.334 e. The van der Waals surface area contributed by atoms with Crippen LogP contribution >= 0.6 is 11.3 Å². The summed E-state index contributed by atoms with van der Waals surface area (Å²) in [4.78, 5) is 17.1. The molecule has 0 aromatic carbocycles. The number of piperidine rings is 1. The Morgan fingerprint density at radius 3 is 2.83 bits per heavy atom. The fourth-order valence-electron chi connectivity index (χ4n) is 3.64. The molecule has 1 saturated heterocycles. The normalized spacial score (nSPS) is 22.0. The lowest BCUT2D eigenvalue weighted by atomic mass is 10.0. The fourth-order valence-corrected chi connectivity index (χ4v) is 5.35. The van der Waals surface area contributed by atoms with Crippen molar-refractivity contribution in [2.45, 2.75) is 57.4 Å². The summed E-state index contributed by atoms with van der Waals surface area (Å²) >= 11 is 1.65. The number of nitrogens with one attached hydrogen (secondary N) is 1. The number of sulfonamides is 1. The van der Waals surface area contributed by atoms with Crippen LogP contribution in [0.1, 0.15) is 58.6 Å². The standard InChI is InChI=1S/C17H26N2O3S2/c1-24(21,22)18-12-14-8-5-6-10-19(14)17(20)16-11-13-7-3-2-4-9-15(13)23-16/h11,14,18H,2-10,12H2,1H3/t14-/m0/s1. The number of amides is 1. The molecule has 1 atom stereocenters. The number of carbonyl (C=O) groups excluding carboxylic acids is 1. The van der Waals surface area contributed by atoms with E-state index in [2.05, 4.69) is 10.8 Å². The van der Waals surface area contributed by atoms with Gasteiger partial charge >= 0.3 is 0 Å². The molecule has 1 N–H and O–H groups in total. The van der Waals surface area contributed by atoms with Crippen molar-refractivity contribution < 1.29 is 13.2 Å². The highest BCUT2D eigenvalue weighted by Gasteiger charge is 2.29. The molecule has 1 aliphatic carbocycles. The van der Waals surface area contributed by atoms with Crippen molar-refractivity contribution in [2.24, 2.45) is 0 Å². The molecule has 1 aromatic heterocycles. The van der Waals surface area contributed by atoms with E-state index < -0.39 is 10.0 Å². The maximum Gasteiger partial charge on any atom is 0.264 e. The molecule has 0 bridgehead atoms. The van der Waals surface area contributed by atoms with Gasteiger partial charge in [0.25, 0.3) is 5.91 Å². The minimum absolute atomic E-state index is 0.0390. The van der Waals surface area contributed by atoms with E-state index in [4.69, 9.17) is 0 Å². The van der Waals surface area contributed by atoms with Crippen LogP contribution in [0.2, 0.25) is 0 Å². The van der Waals surface area contributed by atoms with E-state index in [1.165, 1.54) is 29.7 Å². The zero-order chi connectivity index (χ0) is 17.2. The minimum atomic E-state index is -3.23. The molecule has 0 saturated carbocycles. The van der Waals surface area contributed by atoms with Crippen molar-refractivity contribution in [3.05, 3.63) is 21.4 Å². The van der Waals surface area contributed by atoms with Crippen molar-refractivity contribution in [1.82, 2.24) is 9.62 Å². The molecule has 3 rings (SSSR count). The number of carbonyl (C=O) groups is 1. The van der Waals surface area contributed by atoms with E-state index in [0.717, 1.165) is 49.8 Å². The summed E-state index contributed by atoms with van der Waals surface area (Å²) in [5, 5.41) is 0. The van der Waals surface area contributed by atoms with Gasteiger partial charge in [0.05, 0.1) is 11.1 Å². The first-order chi connectivity index (χ1) is 11.4. The first-order valence-corrected chi connectivity index (χ1v) is 11.5. The van der Waals surface area contributed by atoms with Crippen LogP contribution in [-0.2, 0) is 22.9 Å².